The van der Waals surface area contributed by atoms with E-state index < -0.39 is 102 Å². The predicted octanol–water partition coefficient (Wildman–Crippen LogP) is 6.41. The Morgan fingerprint density at radius 2 is 1.11 bits per heavy atom. The van der Waals surface area contributed by atoms with Crippen LogP contribution < -0.4 is 0 Å². The van der Waals surface area contributed by atoms with E-state index in [2.05, 4.69) is 47.9 Å². The van der Waals surface area contributed by atoms with Crippen LogP contribution in [-0.4, -0.2) is 137 Å². The number of carbonyl (C=O) groups excluding carboxylic acids is 2. The Morgan fingerprint density at radius 1 is 0.569 bits per heavy atom. The SMILES string of the molecule is CC/C=C\C[C@H](O)/C=C/C=C/C=C\C=C/[C@@H](O)[C@H](O)CCCC(=O)O[C@H](COC(=O)CC/C=C\C/C=C\C/C=C\C/C=C\C/C=C\CCCCC)COP(=O)(O)O[C@H]1C(O)C(O)C(O)[C@@H](OP(=O)(O)O)C1O. The molecule has 10 N–H and O–H groups in total. The van der Waals surface area contributed by atoms with E-state index in [-0.39, 0.29) is 25.7 Å². The molecule has 1 aliphatic rings. The summed E-state index contributed by atoms with van der Waals surface area (Å²) in [5, 5.41) is 71.9. The highest BCUT2D eigenvalue weighted by atomic mass is 31.2. The number of hydrogen-bond acceptors (Lipinski definition) is 16. The third-order valence-corrected chi connectivity index (χ3v) is 11.9. The van der Waals surface area contributed by atoms with Crippen LogP contribution in [0.5, 0.6) is 0 Å². The van der Waals surface area contributed by atoms with E-state index in [0.29, 0.717) is 19.3 Å². The molecule has 1 saturated carbocycles. The minimum absolute atomic E-state index is 0.00173. The number of carbonyl (C=O) groups is 2. The molecule has 0 aromatic carbocycles. The Labute approximate surface area is 424 Å². The summed E-state index contributed by atoms with van der Waals surface area (Å²) in [5.41, 5.74) is 0. The van der Waals surface area contributed by atoms with Gasteiger partial charge in [-0.2, -0.15) is 0 Å². The summed E-state index contributed by atoms with van der Waals surface area (Å²) in [5.74, 6) is -1.65. The number of phosphoric ester groups is 2. The lowest BCUT2D eigenvalue weighted by Crippen LogP contribution is -2.64. The molecule has 1 aliphatic carbocycles. The smallest absolute Gasteiger partial charge is 0.462 e. The lowest BCUT2D eigenvalue weighted by Gasteiger charge is -2.43. The van der Waals surface area contributed by atoms with E-state index in [1.165, 1.54) is 31.4 Å². The number of rotatable bonds is 38. The van der Waals surface area contributed by atoms with Gasteiger partial charge in [-0.1, -0.05) is 148 Å². The molecule has 11 atom stereocenters. The van der Waals surface area contributed by atoms with Gasteiger partial charge in [0.2, 0.25) is 0 Å². The van der Waals surface area contributed by atoms with E-state index in [1.54, 1.807) is 42.5 Å². The molecular weight excluding hydrogens is 978 g/mol. The normalized spacial score (nSPS) is 23.1. The third-order valence-electron chi connectivity index (χ3n) is 10.4. The first-order chi connectivity index (χ1) is 34.3. The summed E-state index contributed by atoms with van der Waals surface area (Å²) < 4.78 is 49.1. The molecule has 1 rings (SSSR count). The molecule has 0 spiro atoms. The van der Waals surface area contributed by atoms with Crippen LogP contribution in [0.3, 0.4) is 0 Å². The second-order valence-electron chi connectivity index (χ2n) is 16.7. The van der Waals surface area contributed by atoms with Crippen LogP contribution in [0.15, 0.2) is 122 Å². The molecule has 0 bridgehead atoms. The van der Waals surface area contributed by atoms with Crippen molar-refractivity contribution in [1.82, 2.24) is 0 Å². The summed E-state index contributed by atoms with van der Waals surface area (Å²) in [6.45, 7) is 2.53. The average molecular weight is 1060 g/mol. The first kappa shape index (κ1) is 66.3. The summed E-state index contributed by atoms with van der Waals surface area (Å²) in [6, 6.07) is 0. The Kier molecular flexibility index (Phi) is 36.6. The van der Waals surface area contributed by atoms with Gasteiger partial charge in [-0.05, 0) is 70.6 Å². The largest absolute Gasteiger partial charge is 0.472 e. The number of unbranched alkanes of at least 4 members (excludes halogenated alkanes) is 3. The first-order valence-electron chi connectivity index (χ1n) is 24.4. The molecule has 0 aromatic rings. The topological polar surface area (TPSA) is 317 Å². The Morgan fingerprint density at radius 3 is 1.68 bits per heavy atom. The minimum atomic E-state index is -5.43. The van der Waals surface area contributed by atoms with Crippen molar-refractivity contribution in [2.45, 2.75) is 171 Å². The lowest BCUT2D eigenvalue weighted by atomic mass is 9.85. The van der Waals surface area contributed by atoms with Crippen molar-refractivity contribution >= 4 is 27.6 Å². The molecule has 0 amide bonds. The molecule has 0 aromatic heterocycles. The first-order valence-corrected chi connectivity index (χ1v) is 27.4. The van der Waals surface area contributed by atoms with Gasteiger partial charge in [-0.3, -0.25) is 23.2 Å². The molecule has 0 radical (unpaired) electrons. The van der Waals surface area contributed by atoms with Gasteiger partial charge in [0.05, 0.1) is 24.9 Å². The zero-order chi connectivity index (χ0) is 53.6. The number of esters is 2. The van der Waals surface area contributed by atoms with Crippen molar-refractivity contribution in [1.29, 1.82) is 0 Å². The molecule has 19 nitrogen and oxygen atoms in total. The van der Waals surface area contributed by atoms with Crippen molar-refractivity contribution in [3.05, 3.63) is 122 Å². The Balaban J connectivity index is 2.78. The lowest BCUT2D eigenvalue weighted by molar-refractivity contribution is -0.216. The fourth-order valence-corrected chi connectivity index (χ4v) is 8.00. The van der Waals surface area contributed by atoms with Crippen molar-refractivity contribution in [3.63, 3.8) is 0 Å². The molecule has 408 valence electrons. The summed E-state index contributed by atoms with van der Waals surface area (Å²) in [4.78, 5) is 54.4. The van der Waals surface area contributed by atoms with Gasteiger partial charge >= 0.3 is 27.6 Å². The predicted molar refractivity (Wildman–Crippen MR) is 272 cm³/mol. The summed E-state index contributed by atoms with van der Waals surface area (Å²) in [7, 11) is -10.9. The van der Waals surface area contributed by atoms with Crippen molar-refractivity contribution in [3.8, 4) is 0 Å². The molecule has 1 fully saturated rings. The fraction of sp³-hybridized carbons (Fsp3) is 0.569. The average Bonchev–Trinajstić information content (AvgIpc) is 3.33. The highest BCUT2D eigenvalue weighted by molar-refractivity contribution is 7.47. The van der Waals surface area contributed by atoms with Gasteiger partial charge in [0.1, 0.15) is 43.2 Å². The molecule has 0 heterocycles. The van der Waals surface area contributed by atoms with Crippen LogP contribution in [0.25, 0.3) is 0 Å². The third kappa shape index (κ3) is 33.2. The van der Waals surface area contributed by atoms with E-state index in [1.807, 2.05) is 37.3 Å². The molecular formula is C51H80O19P2. The van der Waals surface area contributed by atoms with E-state index in [0.717, 1.165) is 32.1 Å². The number of ether oxygens (including phenoxy) is 2. The van der Waals surface area contributed by atoms with Crippen molar-refractivity contribution in [2.24, 2.45) is 0 Å². The summed E-state index contributed by atoms with van der Waals surface area (Å²) >= 11 is 0. The van der Waals surface area contributed by atoms with Crippen LogP contribution >= 0.6 is 15.6 Å². The van der Waals surface area contributed by atoms with Crippen molar-refractivity contribution < 1.29 is 92.2 Å². The number of allylic oxidation sites excluding steroid dienone is 17. The maximum Gasteiger partial charge on any atom is 0.472 e. The van der Waals surface area contributed by atoms with Gasteiger partial charge < -0.3 is 59.9 Å². The van der Waals surface area contributed by atoms with Crippen LogP contribution in [0.1, 0.15) is 110 Å². The fourth-order valence-electron chi connectivity index (χ4n) is 6.47. The standard InChI is InChI=1S/C51H80O19P2/c1-3-5-7-8-9-10-11-12-13-14-15-16-17-18-19-20-21-26-30-36-44(55)66-38-41(39-67-72(64,65)70-51-48(59)46(57)47(58)50(49(51)60)69-71(61,62)63)68-45(56)37-31-35-43(54)42(53)34-29-25-23-22-24-28-33-40(52)32-27-6-4-2/h6,9-10,12-13,15-16,18-19,21-29,33-34,40-43,46-54,57-60H,3-5,7-8,11,14,17,20,30-32,35-39H2,1-2H3,(H,64,65)(H2,61,62,63)/b10-9-,13-12-,16-15-,19-18-,24-22+,25-23-,26-21-,27-6-,33-28+,34-29-/t40-,41+,42+,43+,46?,47?,48?,49?,50+,51-/m0/s1. The highest BCUT2D eigenvalue weighted by Gasteiger charge is 2.54. The van der Waals surface area contributed by atoms with Crippen LogP contribution in [0.4, 0.5) is 0 Å². The molecule has 5 unspecified atom stereocenters. The Bertz CT molecular complexity index is 1900. The number of phosphoric acid groups is 2. The number of hydrogen-bond donors (Lipinski definition) is 10. The zero-order valence-electron chi connectivity index (χ0n) is 41.4. The van der Waals surface area contributed by atoms with E-state index in [9.17, 15) is 69.1 Å². The molecule has 0 aliphatic heterocycles. The Hall–Kier alpha value is -3.72. The minimum Gasteiger partial charge on any atom is -0.462 e. The van der Waals surface area contributed by atoms with Gasteiger partial charge in [0.25, 0.3) is 0 Å². The quantitative estimate of drug-likeness (QED) is 0.0105. The van der Waals surface area contributed by atoms with Gasteiger partial charge in [-0.25, -0.2) is 9.13 Å². The van der Waals surface area contributed by atoms with Crippen molar-refractivity contribution in [2.75, 3.05) is 13.2 Å². The molecule has 72 heavy (non-hydrogen) atoms. The van der Waals surface area contributed by atoms with Crippen LogP contribution in [0.2, 0.25) is 0 Å². The van der Waals surface area contributed by atoms with Gasteiger partial charge in [0.15, 0.2) is 6.10 Å². The number of aliphatic hydroxyl groups excluding tert-OH is 7. The molecule has 21 heteroatoms. The van der Waals surface area contributed by atoms with Crippen LogP contribution in [0, 0.1) is 0 Å². The van der Waals surface area contributed by atoms with Gasteiger partial charge in [-0.15, -0.1) is 0 Å². The maximum absolute atomic E-state index is 13.0. The van der Waals surface area contributed by atoms with E-state index >= 15 is 0 Å². The second-order valence-corrected chi connectivity index (χ2v) is 19.3. The van der Waals surface area contributed by atoms with E-state index in [4.69, 9.17) is 18.5 Å². The molecule has 0 saturated heterocycles. The zero-order valence-corrected chi connectivity index (χ0v) is 43.2. The van der Waals surface area contributed by atoms with Crippen LogP contribution in [-0.2, 0) is 41.8 Å². The highest BCUT2D eigenvalue weighted by Crippen LogP contribution is 2.49. The number of aliphatic hydroxyl groups is 7. The second kappa shape index (κ2) is 39.7. The maximum atomic E-state index is 13.0. The monoisotopic (exact) mass is 1060 g/mol. The van der Waals surface area contributed by atoms with Gasteiger partial charge in [0, 0.05) is 12.8 Å². The summed E-state index contributed by atoms with van der Waals surface area (Å²) in [6.07, 6.45) is 27.9.